The van der Waals surface area contributed by atoms with Gasteiger partial charge in [0.2, 0.25) is 0 Å². The summed E-state index contributed by atoms with van der Waals surface area (Å²) in [5, 5.41) is 7.07. The van der Waals surface area contributed by atoms with Crippen LogP contribution in [0.2, 0.25) is 0 Å². The van der Waals surface area contributed by atoms with Crippen molar-refractivity contribution in [2.24, 2.45) is 0 Å². The number of nitrogens with zero attached hydrogens (tertiary/aromatic N) is 3. The van der Waals surface area contributed by atoms with Crippen LogP contribution >= 0.6 is 0 Å². The second-order valence-electron chi connectivity index (χ2n) is 2.95. The number of fused-ring (bicyclic) bond motifs is 1. The van der Waals surface area contributed by atoms with E-state index in [2.05, 4.69) is 26.7 Å². The van der Waals surface area contributed by atoms with Gasteiger partial charge in [-0.3, -0.25) is 0 Å². The van der Waals surface area contributed by atoms with Gasteiger partial charge in [0.05, 0.1) is 0 Å². The highest BCUT2D eigenvalue weighted by Crippen LogP contribution is 2.01. The molecule has 0 aromatic carbocycles. The normalized spacial score (nSPS) is 9.33. The molecular formula is C12H11N3. The highest BCUT2D eigenvalue weighted by molar-refractivity contribution is 5.46. The summed E-state index contributed by atoms with van der Waals surface area (Å²) in [7, 11) is 0. The Morgan fingerprint density at radius 1 is 0.733 bits per heavy atom. The van der Waals surface area contributed by atoms with E-state index in [4.69, 9.17) is 0 Å². The summed E-state index contributed by atoms with van der Waals surface area (Å²) in [5.74, 6) is 0. The van der Waals surface area contributed by atoms with Crippen molar-refractivity contribution in [3.8, 4) is 0 Å². The largest absolute Gasteiger partial charge is 0.324 e. The second kappa shape index (κ2) is 4.91. The van der Waals surface area contributed by atoms with Crippen LogP contribution < -0.4 is 0 Å². The van der Waals surface area contributed by atoms with Gasteiger partial charge in [0.1, 0.15) is 0 Å². The van der Waals surface area contributed by atoms with Crippen LogP contribution in [0.4, 0.5) is 0 Å². The summed E-state index contributed by atoms with van der Waals surface area (Å²) in [6.45, 7) is 0. The highest BCUT2D eigenvalue weighted by Gasteiger charge is 1.83. The molecule has 15 heavy (non-hydrogen) atoms. The number of aromatic nitrogens is 3. The first-order valence-corrected chi connectivity index (χ1v) is 4.70. The number of hydrogen-bond donors (Lipinski definition) is 0. The Morgan fingerprint density at radius 3 is 2.00 bits per heavy atom. The second-order valence-corrected chi connectivity index (χ2v) is 2.95. The highest BCUT2D eigenvalue weighted by atomic mass is 15.1. The molecule has 0 amide bonds. The van der Waals surface area contributed by atoms with Crippen molar-refractivity contribution in [2.45, 2.75) is 0 Å². The molecule has 0 saturated carbocycles. The van der Waals surface area contributed by atoms with Crippen LogP contribution in [0.15, 0.2) is 67.3 Å². The monoisotopic (exact) mass is 197 g/mol. The minimum atomic E-state index is 1.25. The molecule has 0 spiro atoms. The fourth-order valence-corrected chi connectivity index (χ4v) is 1.23. The van der Waals surface area contributed by atoms with Gasteiger partial charge in [-0.2, -0.15) is 10.2 Å². The molecule has 0 saturated heterocycles. The Hall–Kier alpha value is -2.16. The Balaban J connectivity index is 0.000000124. The Morgan fingerprint density at radius 2 is 1.40 bits per heavy atom. The fourth-order valence-electron chi connectivity index (χ4n) is 1.23. The summed E-state index contributed by atoms with van der Waals surface area (Å²) in [6.07, 6.45) is 7.35. The van der Waals surface area contributed by atoms with E-state index in [9.17, 15) is 0 Å². The van der Waals surface area contributed by atoms with Crippen LogP contribution in [-0.4, -0.2) is 14.6 Å². The average molecular weight is 197 g/mol. The van der Waals surface area contributed by atoms with E-state index >= 15 is 0 Å². The molecule has 3 heterocycles. The third kappa shape index (κ3) is 2.64. The summed E-state index contributed by atoms with van der Waals surface area (Å²) < 4.78 is 2.08. The van der Waals surface area contributed by atoms with E-state index < -0.39 is 0 Å². The fraction of sp³-hybridized carbons (Fsp3) is 0. The number of pyridine rings is 1. The summed E-state index contributed by atoms with van der Waals surface area (Å²) in [6, 6.07) is 13.9. The van der Waals surface area contributed by atoms with E-state index in [1.807, 2.05) is 42.7 Å². The van der Waals surface area contributed by atoms with E-state index in [1.165, 1.54) is 5.52 Å². The van der Waals surface area contributed by atoms with Crippen molar-refractivity contribution in [3.63, 3.8) is 0 Å². The zero-order valence-electron chi connectivity index (χ0n) is 8.19. The minimum absolute atomic E-state index is 1.25. The van der Waals surface area contributed by atoms with Crippen LogP contribution in [0, 0.1) is 0 Å². The third-order valence-electron chi connectivity index (χ3n) is 1.92. The van der Waals surface area contributed by atoms with Gasteiger partial charge in [0.25, 0.3) is 0 Å². The summed E-state index contributed by atoms with van der Waals surface area (Å²) in [4.78, 5) is 0. The van der Waals surface area contributed by atoms with E-state index in [0.29, 0.717) is 0 Å². The smallest absolute Gasteiger partial charge is 0.0496 e. The first kappa shape index (κ1) is 9.40. The first-order chi connectivity index (χ1) is 7.47. The number of rotatable bonds is 0. The SMILES string of the molecule is c1ccn2cccc2c1.c1ccnnc1. The van der Waals surface area contributed by atoms with Gasteiger partial charge in [0, 0.05) is 30.3 Å². The molecule has 0 fully saturated rings. The van der Waals surface area contributed by atoms with Crippen LogP contribution in [-0.2, 0) is 0 Å². The molecule has 3 rings (SSSR count). The maximum atomic E-state index is 3.53. The lowest BCUT2D eigenvalue weighted by molar-refractivity contribution is 1.03. The lowest BCUT2D eigenvalue weighted by Crippen LogP contribution is -1.75. The average Bonchev–Trinajstić information content (AvgIpc) is 2.80. The molecule has 3 aromatic heterocycles. The van der Waals surface area contributed by atoms with Crippen molar-refractivity contribution in [1.29, 1.82) is 0 Å². The molecular weight excluding hydrogens is 186 g/mol. The van der Waals surface area contributed by atoms with Crippen molar-refractivity contribution in [3.05, 3.63) is 67.3 Å². The van der Waals surface area contributed by atoms with E-state index in [0.717, 1.165) is 0 Å². The predicted octanol–water partition coefficient (Wildman–Crippen LogP) is 2.42. The maximum Gasteiger partial charge on any atom is 0.0496 e. The molecule has 0 unspecified atom stereocenters. The minimum Gasteiger partial charge on any atom is -0.324 e. The standard InChI is InChI=1S/C8H7N.C4H4N2/c1-2-6-9-7-3-5-8(9)4-1;1-2-4-6-5-3-1/h1-7H;1-4H. The van der Waals surface area contributed by atoms with Crippen LogP contribution in [0.3, 0.4) is 0 Å². The predicted molar refractivity (Wildman–Crippen MR) is 59.4 cm³/mol. The van der Waals surface area contributed by atoms with Gasteiger partial charge in [-0.1, -0.05) is 6.07 Å². The van der Waals surface area contributed by atoms with E-state index in [-0.39, 0.29) is 0 Å². The third-order valence-corrected chi connectivity index (χ3v) is 1.92. The van der Waals surface area contributed by atoms with Crippen molar-refractivity contribution >= 4 is 5.52 Å². The molecule has 0 N–H and O–H groups in total. The molecule has 3 aromatic rings. The molecule has 3 heteroatoms. The van der Waals surface area contributed by atoms with Crippen LogP contribution in [0.5, 0.6) is 0 Å². The topological polar surface area (TPSA) is 30.2 Å². The zero-order chi connectivity index (χ0) is 10.3. The van der Waals surface area contributed by atoms with Gasteiger partial charge in [-0.15, -0.1) is 0 Å². The summed E-state index contributed by atoms with van der Waals surface area (Å²) >= 11 is 0. The Bertz CT molecular complexity index is 445. The van der Waals surface area contributed by atoms with Gasteiger partial charge in [-0.25, -0.2) is 0 Å². The molecule has 74 valence electrons. The van der Waals surface area contributed by atoms with Gasteiger partial charge in [0.15, 0.2) is 0 Å². The molecule has 0 atom stereocenters. The molecule has 0 aliphatic carbocycles. The molecule has 0 aliphatic rings. The van der Waals surface area contributed by atoms with Crippen molar-refractivity contribution < 1.29 is 0 Å². The maximum absolute atomic E-state index is 3.53. The Kier molecular flexibility index (Phi) is 3.07. The van der Waals surface area contributed by atoms with E-state index in [1.54, 1.807) is 12.4 Å². The quantitative estimate of drug-likeness (QED) is 0.554. The van der Waals surface area contributed by atoms with Crippen molar-refractivity contribution in [1.82, 2.24) is 14.6 Å². The lowest BCUT2D eigenvalue weighted by Gasteiger charge is -1.88. The van der Waals surface area contributed by atoms with Gasteiger partial charge >= 0.3 is 0 Å². The molecule has 0 radical (unpaired) electrons. The zero-order valence-corrected chi connectivity index (χ0v) is 8.19. The first-order valence-electron chi connectivity index (χ1n) is 4.70. The molecule has 0 aliphatic heterocycles. The van der Waals surface area contributed by atoms with Crippen LogP contribution in [0.25, 0.3) is 5.52 Å². The number of hydrogen-bond acceptors (Lipinski definition) is 2. The van der Waals surface area contributed by atoms with Crippen LogP contribution in [0.1, 0.15) is 0 Å². The lowest BCUT2D eigenvalue weighted by atomic mass is 10.4. The molecule has 3 nitrogen and oxygen atoms in total. The molecule has 0 bridgehead atoms. The van der Waals surface area contributed by atoms with Crippen molar-refractivity contribution in [2.75, 3.05) is 0 Å². The summed E-state index contributed by atoms with van der Waals surface area (Å²) in [5.41, 5.74) is 1.25. The van der Waals surface area contributed by atoms with Gasteiger partial charge in [-0.05, 0) is 36.4 Å². The van der Waals surface area contributed by atoms with Gasteiger partial charge < -0.3 is 4.40 Å². The Labute approximate surface area is 88.0 Å².